The summed E-state index contributed by atoms with van der Waals surface area (Å²) < 4.78 is 13.5. The Morgan fingerprint density at radius 3 is 2.45 bits per heavy atom. The molecular weight excluding hydrogens is 277 g/mol. The number of fused-ring (bicyclic) bond motifs is 1. The van der Waals surface area contributed by atoms with E-state index in [2.05, 4.69) is 17.4 Å². The highest BCUT2D eigenvalue weighted by molar-refractivity contribution is 5.83. The van der Waals surface area contributed by atoms with Gasteiger partial charge >= 0.3 is 0 Å². The Balaban J connectivity index is 1.63. The van der Waals surface area contributed by atoms with Gasteiger partial charge in [0.2, 0.25) is 5.91 Å². The van der Waals surface area contributed by atoms with Crippen molar-refractivity contribution in [2.24, 2.45) is 0 Å². The first-order chi connectivity index (χ1) is 10.7. The minimum Gasteiger partial charge on any atom is -0.352 e. The maximum Gasteiger partial charge on any atom is 0.224 e. The van der Waals surface area contributed by atoms with Crippen LogP contribution in [0.15, 0.2) is 66.7 Å². The van der Waals surface area contributed by atoms with Crippen LogP contribution >= 0.6 is 0 Å². The quantitative estimate of drug-likeness (QED) is 0.778. The van der Waals surface area contributed by atoms with E-state index in [-0.39, 0.29) is 18.1 Å². The summed E-state index contributed by atoms with van der Waals surface area (Å²) in [5.41, 5.74) is 1.44. The third kappa shape index (κ3) is 3.31. The van der Waals surface area contributed by atoms with E-state index < -0.39 is 0 Å². The standard InChI is InChI=1S/C19H16FNO/c20-18-8-4-3-7-17(18)12-19(22)21-13-14-9-10-15-5-1-2-6-16(15)11-14/h1-11H,12-13H2,(H,21,22). The number of rotatable bonds is 4. The van der Waals surface area contributed by atoms with Crippen molar-refractivity contribution in [1.29, 1.82) is 0 Å². The van der Waals surface area contributed by atoms with Gasteiger partial charge in [-0.2, -0.15) is 0 Å². The molecule has 2 nitrogen and oxygen atoms in total. The molecule has 0 atom stereocenters. The number of carbonyl (C=O) groups excluding carboxylic acids is 1. The van der Waals surface area contributed by atoms with Gasteiger partial charge in [0.25, 0.3) is 0 Å². The average Bonchev–Trinajstić information content (AvgIpc) is 2.55. The Kier molecular flexibility index (Phi) is 4.15. The molecule has 0 spiro atoms. The van der Waals surface area contributed by atoms with Crippen LogP contribution in [-0.2, 0) is 17.8 Å². The Morgan fingerprint density at radius 2 is 1.64 bits per heavy atom. The second kappa shape index (κ2) is 6.39. The molecule has 0 heterocycles. The van der Waals surface area contributed by atoms with Crippen molar-refractivity contribution in [2.75, 3.05) is 0 Å². The van der Waals surface area contributed by atoms with Gasteiger partial charge in [-0.3, -0.25) is 4.79 Å². The summed E-state index contributed by atoms with van der Waals surface area (Å²) >= 11 is 0. The van der Waals surface area contributed by atoms with Crippen molar-refractivity contribution in [3.05, 3.63) is 83.7 Å². The number of hydrogen-bond donors (Lipinski definition) is 1. The molecule has 0 radical (unpaired) electrons. The maximum atomic E-state index is 13.5. The van der Waals surface area contributed by atoms with Crippen LogP contribution in [0.3, 0.4) is 0 Å². The third-order valence-electron chi connectivity index (χ3n) is 3.61. The summed E-state index contributed by atoms with van der Waals surface area (Å²) in [6, 6.07) is 20.5. The zero-order valence-electron chi connectivity index (χ0n) is 12.1. The third-order valence-corrected chi connectivity index (χ3v) is 3.61. The average molecular weight is 293 g/mol. The van der Waals surface area contributed by atoms with E-state index in [1.54, 1.807) is 18.2 Å². The zero-order valence-corrected chi connectivity index (χ0v) is 12.1. The molecule has 0 aliphatic carbocycles. The van der Waals surface area contributed by atoms with Crippen molar-refractivity contribution >= 4 is 16.7 Å². The summed E-state index contributed by atoms with van der Waals surface area (Å²) in [5.74, 6) is -0.526. The summed E-state index contributed by atoms with van der Waals surface area (Å²) in [4.78, 5) is 11.9. The van der Waals surface area contributed by atoms with E-state index in [0.29, 0.717) is 12.1 Å². The molecule has 1 N–H and O–H groups in total. The SMILES string of the molecule is O=C(Cc1ccccc1F)NCc1ccc2ccccc2c1. The van der Waals surface area contributed by atoms with Crippen LogP contribution in [0.2, 0.25) is 0 Å². The highest BCUT2D eigenvalue weighted by Crippen LogP contribution is 2.15. The topological polar surface area (TPSA) is 29.1 Å². The summed E-state index contributed by atoms with van der Waals surface area (Å²) in [6.45, 7) is 0.443. The molecule has 0 aliphatic rings. The molecule has 3 aromatic rings. The Labute approximate surface area is 128 Å². The lowest BCUT2D eigenvalue weighted by atomic mass is 10.1. The van der Waals surface area contributed by atoms with Gasteiger partial charge in [-0.25, -0.2) is 4.39 Å². The second-order valence-electron chi connectivity index (χ2n) is 5.23. The number of halogens is 1. The number of amides is 1. The molecule has 0 bridgehead atoms. The Morgan fingerprint density at radius 1 is 0.909 bits per heavy atom. The number of hydrogen-bond acceptors (Lipinski definition) is 1. The van der Waals surface area contributed by atoms with E-state index >= 15 is 0 Å². The summed E-state index contributed by atoms with van der Waals surface area (Å²) in [7, 11) is 0. The van der Waals surface area contributed by atoms with Crippen molar-refractivity contribution in [3.63, 3.8) is 0 Å². The van der Waals surface area contributed by atoms with E-state index in [0.717, 1.165) is 10.9 Å². The molecule has 0 aromatic heterocycles. The molecule has 0 unspecified atom stereocenters. The minimum absolute atomic E-state index is 0.0558. The highest BCUT2D eigenvalue weighted by atomic mass is 19.1. The van der Waals surface area contributed by atoms with E-state index in [4.69, 9.17) is 0 Å². The van der Waals surface area contributed by atoms with E-state index in [9.17, 15) is 9.18 Å². The van der Waals surface area contributed by atoms with Gasteiger partial charge in [0.15, 0.2) is 0 Å². The fourth-order valence-electron chi connectivity index (χ4n) is 2.43. The van der Waals surface area contributed by atoms with E-state index in [1.165, 1.54) is 11.5 Å². The first-order valence-electron chi connectivity index (χ1n) is 7.20. The van der Waals surface area contributed by atoms with Crippen LogP contribution in [-0.4, -0.2) is 5.91 Å². The largest absolute Gasteiger partial charge is 0.352 e. The maximum absolute atomic E-state index is 13.5. The lowest BCUT2D eigenvalue weighted by Crippen LogP contribution is -2.24. The number of benzene rings is 3. The molecule has 110 valence electrons. The highest BCUT2D eigenvalue weighted by Gasteiger charge is 2.07. The van der Waals surface area contributed by atoms with Crippen LogP contribution in [0.5, 0.6) is 0 Å². The predicted molar refractivity (Wildman–Crippen MR) is 85.9 cm³/mol. The molecule has 3 rings (SSSR count). The van der Waals surface area contributed by atoms with Gasteiger partial charge in [0.1, 0.15) is 5.82 Å². The fraction of sp³-hybridized carbons (Fsp3) is 0.105. The van der Waals surface area contributed by atoms with Crippen LogP contribution in [0.1, 0.15) is 11.1 Å². The summed E-state index contributed by atoms with van der Waals surface area (Å²) in [6.07, 6.45) is 0.0558. The van der Waals surface area contributed by atoms with Crippen molar-refractivity contribution < 1.29 is 9.18 Å². The van der Waals surface area contributed by atoms with Crippen LogP contribution < -0.4 is 5.32 Å². The summed E-state index contributed by atoms with van der Waals surface area (Å²) in [5, 5.41) is 5.15. The lowest BCUT2D eigenvalue weighted by Gasteiger charge is -2.07. The van der Waals surface area contributed by atoms with Gasteiger partial charge in [-0.05, 0) is 34.0 Å². The van der Waals surface area contributed by atoms with Gasteiger partial charge < -0.3 is 5.32 Å². The monoisotopic (exact) mass is 293 g/mol. The second-order valence-corrected chi connectivity index (χ2v) is 5.23. The van der Waals surface area contributed by atoms with Gasteiger partial charge in [-0.15, -0.1) is 0 Å². The first-order valence-corrected chi connectivity index (χ1v) is 7.20. The Bertz CT molecular complexity index is 813. The van der Waals surface area contributed by atoms with Crippen LogP contribution in [0.4, 0.5) is 4.39 Å². The predicted octanol–water partition coefficient (Wildman–Crippen LogP) is 3.84. The number of carbonyl (C=O) groups is 1. The number of nitrogens with one attached hydrogen (secondary N) is 1. The lowest BCUT2D eigenvalue weighted by molar-refractivity contribution is -0.120. The van der Waals surface area contributed by atoms with Crippen LogP contribution in [0.25, 0.3) is 10.8 Å². The van der Waals surface area contributed by atoms with Crippen molar-refractivity contribution in [2.45, 2.75) is 13.0 Å². The zero-order chi connectivity index (χ0) is 15.4. The minimum atomic E-state index is -0.344. The molecule has 3 aromatic carbocycles. The van der Waals surface area contributed by atoms with Crippen molar-refractivity contribution in [3.8, 4) is 0 Å². The fourth-order valence-corrected chi connectivity index (χ4v) is 2.43. The molecule has 0 saturated heterocycles. The molecular formula is C19H16FNO. The Hall–Kier alpha value is -2.68. The molecule has 3 heteroatoms. The molecule has 0 fully saturated rings. The molecule has 0 aliphatic heterocycles. The molecule has 22 heavy (non-hydrogen) atoms. The van der Waals surface area contributed by atoms with E-state index in [1.807, 2.05) is 30.3 Å². The van der Waals surface area contributed by atoms with Gasteiger partial charge in [0.05, 0.1) is 6.42 Å². The smallest absolute Gasteiger partial charge is 0.224 e. The van der Waals surface area contributed by atoms with Crippen LogP contribution in [0, 0.1) is 5.82 Å². The van der Waals surface area contributed by atoms with Crippen molar-refractivity contribution in [1.82, 2.24) is 5.32 Å². The molecule has 1 amide bonds. The normalized spacial score (nSPS) is 10.6. The van der Waals surface area contributed by atoms with Gasteiger partial charge in [0, 0.05) is 6.54 Å². The van der Waals surface area contributed by atoms with Gasteiger partial charge in [-0.1, -0.05) is 54.6 Å². The molecule has 0 saturated carbocycles. The first kappa shape index (κ1) is 14.3.